The minimum Gasteiger partial charge on any atom is -0.397 e. The Morgan fingerprint density at radius 1 is 1.56 bits per heavy atom. The van der Waals surface area contributed by atoms with E-state index in [1.807, 2.05) is 0 Å². The summed E-state index contributed by atoms with van der Waals surface area (Å²) in [5.41, 5.74) is 6.44. The van der Waals surface area contributed by atoms with Gasteiger partial charge >= 0.3 is 0 Å². The molecule has 1 fully saturated rings. The van der Waals surface area contributed by atoms with E-state index in [0.29, 0.717) is 15.4 Å². The average molecular weight is 262 g/mol. The molecule has 18 heavy (non-hydrogen) atoms. The zero-order valence-electron chi connectivity index (χ0n) is 10.1. The van der Waals surface area contributed by atoms with Crippen LogP contribution in [-0.2, 0) is 0 Å². The molecular weight excluding hydrogens is 248 g/mol. The van der Waals surface area contributed by atoms with E-state index in [-0.39, 0.29) is 11.4 Å². The molecule has 1 aliphatic carbocycles. The molecule has 1 aliphatic rings. The first-order valence-electron chi connectivity index (χ1n) is 5.91. The molecule has 5 nitrogen and oxygen atoms in total. The van der Waals surface area contributed by atoms with Gasteiger partial charge in [-0.3, -0.25) is 4.79 Å². The van der Waals surface area contributed by atoms with Gasteiger partial charge in [0, 0.05) is 10.9 Å². The highest BCUT2D eigenvalue weighted by Crippen LogP contribution is 2.34. The van der Waals surface area contributed by atoms with E-state index >= 15 is 0 Å². The van der Waals surface area contributed by atoms with Gasteiger partial charge in [-0.05, 0) is 32.3 Å². The molecule has 0 bridgehead atoms. The molecule has 2 aromatic rings. The van der Waals surface area contributed by atoms with E-state index in [0.717, 1.165) is 18.2 Å². The molecule has 1 saturated carbocycles. The summed E-state index contributed by atoms with van der Waals surface area (Å²) in [5, 5.41) is 11.6. The van der Waals surface area contributed by atoms with Gasteiger partial charge in [-0.15, -0.1) is 16.4 Å². The molecule has 3 rings (SSSR count). The van der Waals surface area contributed by atoms with Crippen LogP contribution in [0.15, 0.2) is 12.3 Å². The monoisotopic (exact) mass is 262 g/mol. The van der Waals surface area contributed by atoms with Gasteiger partial charge in [-0.1, -0.05) is 0 Å². The van der Waals surface area contributed by atoms with Crippen LogP contribution in [0.4, 0.5) is 5.69 Å². The van der Waals surface area contributed by atoms with E-state index in [2.05, 4.69) is 22.4 Å². The van der Waals surface area contributed by atoms with Gasteiger partial charge in [0.25, 0.3) is 5.91 Å². The van der Waals surface area contributed by atoms with Crippen LogP contribution >= 0.6 is 11.3 Å². The first-order chi connectivity index (χ1) is 8.59. The molecule has 1 amide bonds. The normalized spacial score (nSPS) is 17.4. The van der Waals surface area contributed by atoms with Gasteiger partial charge in [-0.2, -0.15) is 5.10 Å². The zero-order chi connectivity index (χ0) is 12.8. The standard InChI is InChI=1S/C12H14N4OS/c1-12(4-2-5-12)15-10(17)9-8(13)7-3-6-14-16-11(7)18-9/h3,6H,2,4-5,13H2,1H3,(H,15,17). The van der Waals surface area contributed by atoms with Gasteiger partial charge in [0.1, 0.15) is 9.71 Å². The maximum absolute atomic E-state index is 12.2. The first-order valence-corrected chi connectivity index (χ1v) is 6.73. The summed E-state index contributed by atoms with van der Waals surface area (Å²) in [4.78, 5) is 13.5. The number of nitrogen functional groups attached to an aromatic ring is 1. The van der Waals surface area contributed by atoms with Crippen LogP contribution in [0, 0.1) is 0 Å². The number of nitrogens with one attached hydrogen (secondary N) is 1. The van der Waals surface area contributed by atoms with Crippen LogP contribution < -0.4 is 11.1 Å². The fourth-order valence-corrected chi connectivity index (χ4v) is 3.14. The third kappa shape index (κ3) is 1.73. The van der Waals surface area contributed by atoms with Crippen molar-refractivity contribution in [1.29, 1.82) is 0 Å². The number of amides is 1. The molecule has 2 aromatic heterocycles. The van der Waals surface area contributed by atoms with Gasteiger partial charge in [0.05, 0.1) is 11.9 Å². The Morgan fingerprint density at radius 3 is 2.94 bits per heavy atom. The van der Waals surface area contributed by atoms with Crippen LogP contribution in [0.2, 0.25) is 0 Å². The second kappa shape index (κ2) is 3.91. The molecule has 0 unspecified atom stereocenters. The van der Waals surface area contributed by atoms with E-state index in [1.54, 1.807) is 12.3 Å². The van der Waals surface area contributed by atoms with E-state index in [4.69, 9.17) is 5.73 Å². The van der Waals surface area contributed by atoms with Crippen molar-refractivity contribution in [3.05, 3.63) is 17.1 Å². The molecule has 2 heterocycles. The minimum atomic E-state index is -0.0994. The molecule has 0 spiro atoms. The van der Waals surface area contributed by atoms with Crippen LogP contribution in [0.5, 0.6) is 0 Å². The fourth-order valence-electron chi connectivity index (χ4n) is 2.20. The predicted molar refractivity (Wildman–Crippen MR) is 71.5 cm³/mol. The highest BCUT2D eigenvalue weighted by Gasteiger charge is 2.34. The summed E-state index contributed by atoms with van der Waals surface area (Å²) in [5.74, 6) is -0.0994. The topological polar surface area (TPSA) is 80.9 Å². The van der Waals surface area contributed by atoms with E-state index in [9.17, 15) is 4.79 Å². The first kappa shape index (κ1) is 11.4. The number of carbonyl (C=O) groups excluding carboxylic acids is 1. The van der Waals surface area contributed by atoms with Crippen molar-refractivity contribution in [2.75, 3.05) is 5.73 Å². The average Bonchev–Trinajstić information content (AvgIpc) is 2.66. The lowest BCUT2D eigenvalue weighted by Crippen LogP contribution is -2.50. The summed E-state index contributed by atoms with van der Waals surface area (Å²) in [6, 6.07) is 1.79. The Morgan fingerprint density at radius 2 is 2.33 bits per heavy atom. The number of hydrogen-bond donors (Lipinski definition) is 2. The van der Waals surface area contributed by atoms with Crippen molar-refractivity contribution in [1.82, 2.24) is 15.5 Å². The molecule has 0 saturated heterocycles. The highest BCUT2D eigenvalue weighted by molar-refractivity contribution is 7.21. The number of nitrogens with zero attached hydrogens (tertiary/aromatic N) is 2. The Kier molecular flexibility index (Phi) is 2.48. The van der Waals surface area contributed by atoms with Crippen molar-refractivity contribution in [3.8, 4) is 0 Å². The van der Waals surface area contributed by atoms with Crippen molar-refractivity contribution < 1.29 is 4.79 Å². The van der Waals surface area contributed by atoms with Crippen LogP contribution in [0.25, 0.3) is 10.2 Å². The Labute approximate surface area is 108 Å². The second-order valence-corrected chi connectivity index (χ2v) is 5.96. The summed E-state index contributed by atoms with van der Waals surface area (Å²) < 4.78 is 0. The van der Waals surface area contributed by atoms with E-state index < -0.39 is 0 Å². The third-order valence-corrected chi connectivity index (χ3v) is 4.60. The van der Waals surface area contributed by atoms with Crippen LogP contribution in [-0.4, -0.2) is 21.6 Å². The summed E-state index contributed by atoms with van der Waals surface area (Å²) in [6.07, 6.45) is 4.82. The molecule has 6 heteroatoms. The third-order valence-electron chi connectivity index (χ3n) is 3.50. The van der Waals surface area contributed by atoms with Gasteiger partial charge in [-0.25, -0.2) is 0 Å². The number of anilines is 1. The van der Waals surface area contributed by atoms with Crippen molar-refractivity contribution >= 4 is 33.1 Å². The number of fused-ring (bicyclic) bond motifs is 1. The van der Waals surface area contributed by atoms with Gasteiger partial charge in [0.2, 0.25) is 0 Å². The fraction of sp³-hybridized carbons (Fsp3) is 0.417. The summed E-state index contributed by atoms with van der Waals surface area (Å²) in [7, 11) is 0. The smallest absolute Gasteiger partial charge is 0.263 e. The molecule has 0 atom stereocenters. The predicted octanol–water partition coefficient (Wildman–Crippen LogP) is 1.95. The number of thiophene rings is 1. The lowest BCUT2D eigenvalue weighted by Gasteiger charge is -2.39. The molecule has 3 N–H and O–H groups in total. The number of rotatable bonds is 2. The SMILES string of the molecule is CC1(NC(=O)c2sc3nnccc3c2N)CCC1. The second-order valence-electron chi connectivity index (χ2n) is 4.96. The Bertz CT molecular complexity index is 618. The zero-order valence-corrected chi connectivity index (χ0v) is 10.9. The maximum atomic E-state index is 12.2. The minimum absolute atomic E-state index is 0.0641. The quantitative estimate of drug-likeness (QED) is 0.866. The number of aromatic nitrogens is 2. The largest absolute Gasteiger partial charge is 0.397 e. The lowest BCUT2D eigenvalue weighted by molar-refractivity contribution is 0.0855. The van der Waals surface area contributed by atoms with Crippen LogP contribution in [0.3, 0.4) is 0 Å². The maximum Gasteiger partial charge on any atom is 0.263 e. The lowest BCUT2D eigenvalue weighted by atomic mass is 9.78. The summed E-state index contributed by atoms with van der Waals surface area (Å²) in [6.45, 7) is 2.07. The van der Waals surface area contributed by atoms with Crippen molar-refractivity contribution in [3.63, 3.8) is 0 Å². The number of hydrogen-bond acceptors (Lipinski definition) is 5. The van der Waals surface area contributed by atoms with Gasteiger partial charge in [0.15, 0.2) is 0 Å². The van der Waals surface area contributed by atoms with Gasteiger partial charge < -0.3 is 11.1 Å². The molecule has 0 aliphatic heterocycles. The molecule has 94 valence electrons. The number of nitrogens with two attached hydrogens (primary N) is 1. The highest BCUT2D eigenvalue weighted by atomic mass is 32.1. The molecule has 0 radical (unpaired) electrons. The Balaban J connectivity index is 1.94. The Hall–Kier alpha value is -1.69. The number of carbonyl (C=O) groups is 1. The van der Waals surface area contributed by atoms with Crippen LogP contribution in [0.1, 0.15) is 35.9 Å². The molecular formula is C12H14N4OS. The van der Waals surface area contributed by atoms with Crippen molar-refractivity contribution in [2.24, 2.45) is 0 Å². The summed E-state index contributed by atoms with van der Waals surface area (Å²) >= 11 is 1.30. The van der Waals surface area contributed by atoms with Crippen molar-refractivity contribution in [2.45, 2.75) is 31.7 Å². The van der Waals surface area contributed by atoms with E-state index in [1.165, 1.54) is 17.8 Å². The molecule has 0 aromatic carbocycles.